The Kier molecular flexibility index (Phi) is 13.1. The minimum Gasteiger partial charge on any atom is -0.496 e. The smallest absolute Gasteiger partial charge is 0.140 e. The molecule has 4 heteroatoms. The summed E-state index contributed by atoms with van der Waals surface area (Å²) in [7, 11) is 1.75. The Bertz CT molecular complexity index is 1080. The fraction of sp³-hybridized carbons (Fsp3) is 0.571. The van der Waals surface area contributed by atoms with Gasteiger partial charge in [0.2, 0.25) is 0 Å². The zero-order valence-electron chi connectivity index (χ0n) is 25.6. The van der Waals surface area contributed by atoms with Crippen molar-refractivity contribution in [1.29, 1.82) is 0 Å². The summed E-state index contributed by atoms with van der Waals surface area (Å²) in [6.45, 7) is 14.9. The highest BCUT2D eigenvalue weighted by atomic mass is 16.5. The van der Waals surface area contributed by atoms with Crippen LogP contribution in [0.5, 0.6) is 5.75 Å². The molecule has 0 unspecified atom stereocenters. The highest BCUT2D eigenvalue weighted by molar-refractivity contribution is 5.55. The predicted molar refractivity (Wildman–Crippen MR) is 166 cm³/mol. The monoisotopic (exact) mass is 531 g/mol. The number of ether oxygens (including phenoxy) is 1. The van der Waals surface area contributed by atoms with Crippen LogP contribution in [0, 0.1) is 18.8 Å². The summed E-state index contributed by atoms with van der Waals surface area (Å²) >= 11 is 0. The van der Waals surface area contributed by atoms with Crippen molar-refractivity contribution in [2.24, 2.45) is 11.8 Å². The van der Waals surface area contributed by atoms with E-state index < -0.39 is 0 Å². The Hall–Kier alpha value is -2.59. The Morgan fingerprint density at radius 2 is 1.72 bits per heavy atom. The Morgan fingerprint density at radius 1 is 1.00 bits per heavy atom. The van der Waals surface area contributed by atoms with Crippen LogP contribution < -0.4 is 4.74 Å². The number of hydrogen-bond donors (Lipinski definition) is 0. The van der Waals surface area contributed by atoms with E-state index in [2.05, 4.69) is 98.8 Å². The predicted octanol–water partition coefficient (Wildman–Crippen LogP) is 9.30. The minimum atomic E-state index is 0.833. The highest BCUT2D eigenvalue weighted by Crippen LogP contribution is 2.29. The molecule has 3 aromatic rings. The first-order chi connectivity index (χ1) is 18.9. The Labute approximate surface area is 238 Å². The van der Waals surface area contributed by atoms with Crippen molar-refractivity contribution in [3.05, 3.63) is 71.5 Å². The first-order valence-electron chi connectivity index (χ1n) is 15.4. The van der Waals surface area contributed by atoms with Crippen LogP contribution in [0.2, 0.25) is 0 Å². The maximum atomic E-state index is 5.50. The average Bonchev–Trinajstić information content (AvgIpc) is 3.58. The van der Waals surface area contributed by atoms with Gasteiger partial charge in [0.15, 0.2) is 0 Å². The van der Waals surface area contributed by atoms with Crippen LogP contribution in [0.1, 0.15) is 95.9 Å². The van der Waals surface area contributed by atoms with Gasteiger partial charge in [-0.15, -0.1) is 0 Å². The van der Waals surface area contributed by atoms with Crippen molar-refractivity contribution in [2.75, 3.05) is 13.7 Å². The molecule has 0 saturated heterocycles. The van der Waals surface area contributed by atoms with Crippen molar-refractivity contribution in [1.82, 2.24) is 14.5 Å². The molecule has 0 spiro atoms. The molecule has 0 bridgehead atoms. The number of hydrogen-bond acceptors (Lipinski definition) is 3. The van der Waals surface area contributed by atoms with Crippen molar-refractivity contribution < 1.29 is 4.74 Å². The summed E-state index contributed by atoms with van der Waals surface area (Å²) in [5.74, 6) is 3.84. The van der Waals surface area contributed by atoms with Gasteiger partial charge in [0.1, 0.15) is 11.6 Å². The Balaban J connectivity index is 0.000000983. The zero-order valence-corrected chi connectivity index (χ0v) is 25.6. The van der Waals surface area contributed by atoms with Gasteiger partial charge in [0, 0.05) is 25.2 Å². The van der Waals surface area contributed by atoms with E-state index in [1.807, 2.05) is 0 Å². The largest absolute Gasteiger partial charge is 0.496 e. The van der Waals surface area contributed by atoms with Gasteiger partial charge in [-0.25, -0.2) is 4.98 Å². The lowest BCUT2D eigenvalue weighted by atomic mass is 10.0. The lowest BCUT2D eigenvalue weighted by molar-refractivity contribution is 0.238. The van der Waals surface area contributed by atoms with E-state index in [1.54, 1.807) is 7.11 Å². The maximum Gasteiger partial charge on any atom is 0.140 e. The highest BCUT2D eigenvalue weighted by Gasteiger charge is 2.18. The quantitative estimate of drug-likeness (QED) is 0.220. The molecule has 2 aromatic carbocycles. The summed E-state index contributed by atoms with van der Waals surface area (Å²) in [6.07, 6.45) is 12.8. The van der Waals surface area contributed by atoms with Gasteiger partial charge in [0.25, 0.3) is 0 Å². The van der Waals surface area contributed by atoms with E-state index >= 15 is 0 Å². The maximum absolute atomic E-state index is 5.50. The van der Waals surface area contributed by atoms with Crippen molar-refractivity contribution in [2.45, 2.75) is 106 Å². The number of aryl methyl sites for hydroxylation is 1. The normalized spacial score (nSPS) is 13.6. The molecule has 0 amide bonds. The first-order valence-corrected chi connectivity index (χ1v) is 15.4. The zero-order chi connectivity index (χ0) is 28.0. The van der Waals surface area contributed by atoms with Gasteiger partial charge in [-0.1, -0.05) is 102 Å². The van der Waals surface area contributed by atoms with E-state index in [0.29, 0.717) is 0 Å². The molecule has 1 heterocycles. The summed E-state index contributed by atoms with van der Waals surface area (Å²) in [5, 5.41) is 0. The lowest BCUT2D eigenvalue weighted by Gasteiger charge is -2.24. The third kappa shape index (κ3) is 10.1. The average molecular weight is 532 g/mol. The molecular weight excluding hydrogens is 478 g/mol. The number of rotatable bonds is 13. The van der Waals surface area contributed by atoms with Gasteiger partial charge >= 0.3 is 0 Å². The number of unbranched alkanes of at least 4 members (excludes halogenated alkanes) is 1. The van der Waals surface area contributed by atoms with Crippen molar-refractivity contribution in [3.8, 4) is 17.1 Å². The van der Waals surface area contributed by atoms with Crippen LogP contribution in [-0.4, -0.2) is 28.1 Å². The Morgan fingerprint density at radius 3 is 2.36 bits per heavy atom. The molecule has 4 rings (SSSR count). The molecule has 1 aromatic heterocycles. The number of aromatic nitrogens is 2. The summed E-state index contributed by atoms with van der Waals surface area (Å²) in [5.41, 5.74) is 5.08. The number of nitrogens with zero attached hydrogens (tertiary/aromatic N) is 3. The molecule has 1 aliphatic carbocycles. The van der Waals surface area contributed by atoms with Crippen LogP contribution in [0.15, 0.2) is 54.7 Å². The second kappa shape index (κ2) is 16.5. The molecule has 1 aliphatic rings. The number of benzene rings is 2. The van der Waals surface area contributed by atoms with Gasteiger partial charge in [0.05, 0.1) is 19.0 Å². The summed E-state index contributed by atoms with van der Waals surface area (Å²) in [4.78, 5) is 7.53. The van der Waals surface area contributed by atoms with Crippen LogP contribution >= 0.6 is 0 Å². The van der Waals surface area contributed by atoms with E-state index in [4.69, 9.17) is 9.72 Å². The van der Waals surface area contributed by atoms with Crippen molar-refractivity contribution >= 4 is 0 Å². The molecule has 0 aliphatic heterocycles. The molecule has 0 atom stereocenters. The standard InChI is InChI=1S/C31H43N3O.C4H10/c1-4-5-20-34-29(22-32-31(34)28-15-7-6-8-16-28)24-33(19-11-14-26-12-9-10-13-26)23-27-17-18-30(35-3)25(2)21-27;1-4(2)3/h6-8,15-18,21-22,26H,4-5,9-14,19-20,23-24H2,1-3H3;4H,1-3H3. The summed E-state index contributed by atoms with van der Waals surface area (Å²) < 4.78 is 7.96. The van der Waals surface area contributed by atoms with Crippen LogP contribution in [0.4, 0.5) is 0 Å². The fourth-order valence-corrected chi connectivity index (χ4v) is 5.56. The lowest BCUT2D eigenvalue weighted by Crippen LogP contribution is -2.26. The summed E-state index contributed by atoms with van der Waals surface area (Å²) in [6, 6.07) is 17.3. The van der Waals surface area contributed by atoms with Gasteiger partial charge in [-0.05, 0) is 61.8 Å². The third-order valence-electron chi connectivity index (χ3n) is 7.52. The number of methoxy groups -OCH3 is 1. The fourth-order valence-electron chi connectivity index (χ4n) is 5.56. The van der Waals surface area contributed by atoms with E-state index in [0.717, 1.165) is 49.6 Å². The SMILES string of the molecule is CC(C)C.CCCCn1c(CN(CCCC2CCCC2)Cc2ccc(OC)c(C)c2)cnc1-c1ccccc1. The van der Waals surface area contributed by atoms with Gasteiger partial charge < -0.3 is 9.30 Å². The van der Waals surface area contributed by atoms with Gasteiger partial charge in [-0.3, -0.25) is 4.90 Å². The molecule has 1 fully saturated rings. The van der Waals surface area contributed by atoms with Crippen LogP contribution in [-0.2, 0) is 19.6 Å². The molecule has 0 N–H and O–H groups in total. The van der Waals surface area contributed by atoms with Gasteiger partial charge in [-0.2, -0.15) is 0 Å². The molecule has 214 valence electrons. The molecule has 1 saturated carbocycles. The molecular formula is C35H53N3O. The second-order valence-electron chi connectivity index (χ2n) is 12.0. The topological polar surface area (TPSA) is 30.3 Å². The van der Waals surface area contributed by atoms with Crippen molar-refractivity contribution in [3.63, 3.8) is 0 Å². The van der Waals surface area contributed by atoms with Crippen LogP contribution in [0.25, 0.3) is 11.4 Å². The number of imidazole rings is 1. The van der Waals surface area contributed by atoms with E-state index in [-0.39, 0.29) is 0 Å². The molecule has 39 heavy (non-hydrogen) atoms. The molecule has 0 radical (unpaired) electrons. The third-order valence-corrected chi connectivity index (χ3v) is 7.52. The van der Waals surface area contributed by atoms with Crippen LogP contribution in [0.3, 0.4) is 0 Å². The second-order valence-corrected chi connectivity index (χ2v) is 12.0. The van der Waals surface area contributed by atoms with E-state index in [1.165, 1.54) is 73.8 Å². The van der Waals surface area contributed by atoms with E-state index in [9.17, 15) is 0 Å². The first kappa shape index (κ1) is 30.9. The minimum absolute atomic E-state index is 0.833. The molecule has 4 nitrogen and oxygen atoms in total.